The Morgan fingerprint density at radius 2 is 1.88 bits per heavy atom. The predicted octanol–water partition coefficient (Wildman–Crippen LogP) is 4.25. The molecule has 0 bridgehead atoms. The number of anilines is 1. The van der Waals surface area contributed by atoms with Crippen LogP contribution in [-0.4, -0.2) is 20.0 Å². The molecular weight excluding hydrogens is 397 g/mol. The van der Waals surface area contributed by atoms with E-state index in [0.717, 1.165) is 0 Å². The van der Waals surface area contributed by atoms with E-state index in [1.807, 2.05) is 0 Å². The molecule has 0 unspecified atom stereocenters. The molecule has 2 rings (SSSR count). The van der Waals surface area contributed by atoms with Gasteiger partial charge in [0.1, 0.15) is 5.82 Å². The summed E-state index contributed by atoms with van der Waals surface area (Å²) in [6.07, 6.45) is 2.96. The third kappa shape index (κ3) is 5.01. The molecule has 0 spiro atoms. The van der Waals surface area contributed by atoms with Crippen molar-refractivity contribution in [1.82, 2.24) is 0 Å². The summed E-state index contributed by atoms with van der Waals surface area (Å²) in [7, 11) is -3.34. The van der Waals surface area contributed by atoms with Crippen LogP contribution in [0.5, 0.6) is 0 Å². The van der Waals surface area contributed by atoms with Crippen molar-refractivity contribution in [2.45, 2.75) is 6.92 Å². The number of carbonyl (C=O) groups excluding carboxylic acids is 1. The molecule has 0 fully saturated rings. The molecule has 0 radical (unpaired) electrons. The number of hydrogen-bond acceptors (Lipinski definition) is 3. The fourth-order valence-electron chi connectivity index (χ4n) is 1.84. The molecule has 0 aliphatic carbocycles. The van der Waals surface area contributed by atoms with Gasteiger partial charge in [-0.15, -0.1) is 0 Å². The second-order valence-electron chi connectivity index (χ2n) is 4.95. The molecule has 2 aromatic carbocycles. The molecule has 0 saturated carbocycles. The number of halogens is 2. The van der Waals surface area contributed by atoms with Crippen molar-refractivity contribution in [1.29, 1.82) is 0 Å². The van der Waals surface area contributed by atoms with Gasteiger partial charge in [-0.3, -0.25) is 9.52 Å². The third-order valence-electron chi connectivity index (χ3n) is 3.19. The van der Waals surface area contributed by atoms with E-state index in [1.165, 1.54) is 24.3 Å². The van der Waals surface area contributed by atoms with Crippen LogP contribution in [0.25, 0.3) is 6.08 Å². The fourth-order valence-corrected chi connectivity index (χ4v) is 2.87. The molecule has 0 atom stereocenters. The average molecular weight is 412 g/mol. The Kier molecular flexibility index (Phi) is 5.90. The van der Waals surface area contributed by atoms with E-state index < -0.39 is 10.0 Å². The molecule has 4 nitrogen and oxygen atoms in total. The van der Waals surface area contributed by atoms with Gasteiger partial charge in [0.25, 0.3) is 0 Å². The lowest BCUT2D eigenvalue weighted by Gasteiger charge is -2.06. The number of allylic oxidation sites excluding steroid dienone is 1. The molecule has 126 valence electrons. The van der Waals surface area contributed by atoms with E-state index in [2.05, 4.69) is 20.7 Å². The standard InChI is InChI=1S/C17H15BrFNO3S/c1-2-24(22,23)20-14-7-5-13(6-8-14)17(21)10-4-12-3-9-16(19)15(18)11-12/h3-11,20H,2H2,1H3. The van der Waals surface area contributed by atoms with Crippen molar-refractivity contribution in [3.8, 4) is 0 Å². The first kappa shape index (κ1) is 18.4. The van der Waals surface area contributed by atoms with Crippen molar-refractivity contribution < 1.29 is 17.6 Å². The second-order valence-corrected chi connectivity index (χ2v) is 7.82. The maximum Gasteiger partial charge on any atom is 0.232 e. The van der Waals surface area contributed by atoms with Crippen molar-refractivity contribution in [2.75, 3.05) is 10.5 Å². The molecular formula is C17H15BrFNO3S. The van der Waals surface area contributed by atoms with E-state index in [-0.39, 0.29) is 17.4 Å². The van der Waals surface area contributed by atoms with Gasteiger partial charge >= 0.3 is 0 Å². The summed E-state index contributed by atoms with van der Waals surface area (Å²) < 4.78 is 38.8. The Balaban J connectivity index is 2.09. The summed E-state index contributed by atoms with van der Waals surface area (Å²) in [5.41, 5.74) is 1.51. The van der Waals surface area contributed by atoms with E-state index in [0.29, 0.717) is 21.3 Å². The maximum atomic E-state index is 13.2. The van der Waals surface area contributed by atoms with Gasteiger partial charge in [-0.1, -0.05) is 12.1 Å². The van der Waals surface area contributed by atoms with Gasteiger partial charge in [0.05, 0.1) is 10.2 Å². The number of benzene rings is 2. The minimum absolute atomic E-state index is 0.0242. The monoisotopic (exact) mass is 411 g/mol. The van der Waals surface area contributed by atoms with Crippen molar-refractivity contribution in [3.63, 3.8) is 0 Å². The normalized spacial score (nSPS) is 11.6. The van der Waals surface area contributed by atoms with E-state index in [4.69, 9.17) is 0 Å². The zero-order valence-corrected chi connectivity index (χ0v) is 15.2. The third-order valence-corrected chi connectivity index (χ3v) is 5.11. The molecule has 7 heteroatoms. The molecule has 0 saturated heterocycles. The van der Waals surface area contributed by atoms with Crippen LogP contribution in [0.15, 0.2) is 53.0 Å². The minimum Gasteiger partial charge on any atom is -0.289 e. The van der Waals surface area contributed by atoms with Gasteiger partial charge in [0, 0.05) is 11.3 Å². The SMILES string of the molecule is CCS(=O)(=O)Nc1ccc(C(=O)C=Cc2ccc(F)c(Br)c2)cc1. The van der Waals surface area contributed by atoms with Crippen LogP contribution in [0.4, 0.5) is 10.1 Å². The summed E-state index contributed by atoms with van der Waals surface area (Å²) in [4.78, 5) is 12.1. The first-order chi connectivity index (χ1) is 11.3. The fraction of sp³-hybridized carbons (Fsp3) is 0.118. The topological polar surface area (TPSA) is 63.2 Å². The highest BCUT2D eigenvalue weighted by molar-refractivity contribution is 9.10. The second kappa shape index (κ2) is 7.72. The minimum atomic E-state index is -3.34. The first-order valence-electron chi connectivity index (χ1n) is 7.09. The van der Waals surface area contributed by atoms with E-state index in [1.54, 1.807) is 37.3 Å². The molecule has 0 heterocycles. The van der Waals surface area contributed by atoms with Gasteiger partial charge in [0.2, 0.25) is 10.0 Å². The van der Waals surface area contributed by atoms with Crippen molar-refractivity contribution in [2.24, 2.45) is 0 Å². The lowest BCUT2D eigenvalue weighted by atomic mass is 10.1. The van der Waals surface area contributed by atoms with Gasteiger partial charge in [-0.25, -0.2) is 12.8 Å². The highest BCUT2D eigenvalue weighted by Crippen LogP contribution is 2.18. The average Bonchev–Trinajstić information content (AvgIpc) is 2.56. The van der Waals surface area contributed by atoms with Crippen LogP contribution in [-0.2, 0) is 10.0 Å². The van der Waals surface area contributed by atoms with Crippen LogP contribution < -0.4 is 4.72 Å². The first-order valence-corrected chi connectivity index (χ1v) is 9.53. The zero-order chi connectivity index (χ0) is 17.7. The molecule has 0 aromatic heterocycles. The van der Waals surface area contributed by atoms with Gasteiger partial charge in [-0.05, 0) is 70.9 Å². The molecule has 0 amide bonds. The van der Waals surface area contributed by atoms with Crippen molar-refractivity contribution in [3.05, 3.63) is 70.0 Å². The summed E-state index contributed by atoms with van der Waals surface area (Å²) in [6, 6.07) is 10.6. The Bertz CT molecular complexity index is 877. The summed E-state index contributed by atoms with van der Waals surface area (Å²) in [5.74, 6) is -0.632. The predicted molar refractivity (Wildman–Crippen MR) is 97.0 cm³/mol. The highest BCUT2D eigenvalue weighted by atomic mass is 79.9. The zero-order valence-electron chi connectivity index (χ0n) is 12.8. The quantitative estimate of drug-likeness (QED) is 0.570. The Morgan fingerprint density at radius 1 is 1.21 bits per heavy atom. The summed E-state index contributed by atoms with van der Waals surface area (Å²) >= 11 is 3.09. The Labute approximate surface area is 148 Å². The molecule has 2 aromatic rings. The highest BCUT2D eigenvalue weighted by Gasteiger charge is 2.07. The van der Waals surface area contributed by atoms with Gasteiger partial charge in [0.15, 0.2) is 5.78 Å². The van der Waals surface area contributed by atoms with Crippen LogP contribution >= 0.6 is 15.9 Å². The lowest BCUT2D eigenvalue weighted by molar-refractivity contribution is 0.104. The molecule has 1 N–H and O–H groups in total. The largest absolute Gasteiger partial charge is 0.289 e. The number of ketones is 1. The molecule has 24 heavy (non-hydrogen) atoms. The Hall–Kier alpha value is -1.99. The smallest absolute Gasteiger partial charge is 0.232 e. The van der Waals surface area contributed by atoms with Gasteiger partial charge in [-0.2, -0.15) is 0 Å². The number of carbonyl (C=O) groups is 1. The number of sulfonamides is 1. The van der Waals surface area contributed by atoms with Gasteiger partial charge < -0.3 is 0 Å². The number of hydrogen-bond donors (Lipinski definition) is 1. The van der Waals surface area contributed by atoms with Crippen molar-refractivity contribution >= 4 is 43.5 Å². The van der Waals surface area contributed by atoms with Crippen LogP contribution in [0, 0.1) is 5.82 Å². The summed E-state index contributed by atoms with van der Waals surface area (Å²) in [6.45, 7) is 1.54. The summed E-state index contributed by atoms with van der Waals surface area (Å²) in [5, 5.41) is 0. The molecule has 0 aliphatic heterocycles. The van der Waals surface area contributed by atoms with Crippen LogP contribution in [0.2, 0.25) is 0 Å². The lowest BCUT2D eigenvalue weighted by Crippen LogP contribution is -2.14. The molecule has 0 aliphatic rings. The van der Waals surface area contributed by atoms with Crippen LogP contribution in [0.3, 0.4) is 0 Å². The maximum absolute atomic E-state index is 13.2. The van der Waals surface area contributed by atoms with E-state index in [9.17, 15) is 17.6 Å². The number of nitrogens with one attached hydrogen (secondary N) is 1. The Morgan fingerprint density at radius 3 is 2.46 bits per heavy atom. The number of rotatable bonds is 6. The van der Waals surface area contributed by atoms with Crippen LogP contribution in [0.1, 0.15) is 22.8 Å². The van der Waals surface area contributed by atoms with E-state index >= 15 is 0 Å².